The van der Waals surface area contributed by atoms with Gasteiger partial charge in [-0.05, 0) is 52.7 Å². The van der Waals surface area contributed by atoms with Crippen molar-refractivity contribution in [2.45, 2.75) is 6.92 Å². The molecule has 0 saturated carbocycles. The molecule has 0 aliphatic carbocycles. The van der Waals surface area contributed by atoms with Crippen molar-refractivity contribution in [2.24, 2.45) is 20.7 Å². The number of carbonyl (C=O) groups excluding carboxylic acids is 1. The summed E-state index contributed by atoms with van der Waals surface area (Å²) < 4.78 is 0. The van der Waals surface area contributed by atoms with Gasteiger partial charge in [0, 0.05) is 42.6 Å². The molecule has 0 N–H and O–H groups in total. The summed E-state index contributed by atoms with van der Waals surface area (Å²) in [5, 5.41) is 28.7. The third-order valence-electron chi connectivity index (χ3n) is 4.91. The highest BCUT2D eigenvalue weighted by atomic mass is 16.3. The van der Waals surface area contributed by atoms with Gasteiger partial charge < -0.3 is 14.9 Å². The monoisotopic (exact) mass is 375 g/mol. The molecule has 0 radical (unpaired) electrons. The third-order valence-corrected chi connectivity index (χ3v) is 4.91. The quantitative estimate of drug-likeness (QED) is 0.749. The summed E-state index contributed by atoms with van der Waals surface area (Å²) >= 11 is 0. The minimum absolute atomic E-state index is 0.0119. The second-order valence-electron chi connectivity index (χ2n) is 6.66. The van der Waals surface area contributed by atoms with E-state index in [9.17, 15) is 9.90 Å². The fourth-order valence-corrected chi connectivity index (χ4v) is 3.28. The molecule has 2 heterocycles. The summed E-state index contributed by atoms with van der Waals surface area (Å²) in [5.41, 5.74) is 1.78. The largest absolute Gasteiger partial charge is 0.860 e. The Kier molecular flexibility index (Phi) is 4.84. The molecule has 28 heavy (non-hydrogen) atoms. The van der Waals surface area contributed by atoms with E-state index in [4.69, 9.17) is 0 Å². The highest BCUT2D eigenvalue weighted by Crippen LogP contribution is 2.18. The Morgan fingerprint density at radius 2 is 1.50 bits per heavy atom. The van der Waals surface area contributed by atoms with Crippen LogP contribution in [0.25, 0.3) is 11.7 Å². The van der Waals surface area contributed by atoms with Crippen molar-refractivity contribution >= 4 is 23.2 Å². The number of nitrogens with zero attached hydrogens (tertiary/aromatic N) is 6. The maximum absolute atomic E-state index is 12.8. The molecule has 8 heteroatoms. The van der Waals surface area contributed by atoms with E-state index in [1.54, 1.807) is 31.2 Å². The molecule has 2 aromatic carbocycles. The Morgan fingerprint density at radius 3 is 2.07 bits per heavy atom. The van der Waals surface area contributed by atoms with Crippen molar-refractivity contribution in [1.82, 2.24) is 4.90 Å². The zero-order valence-electron chi connectivity index (χ0n) is 15.4. The van der Waals surface area contributed by atoms with Crippen LogP contribution in [0.15, 0.2) is 69.2 Å². The van der Waals surface area contributed by atoms with Crippen LogP contribution in [0.4, 0.5) is 5.69 Å². The Morgan fingerprint density at radius 1 is 0.893 bits per heavy atom. The van der Waals surface area contributed by atoms with Gasteiger partial charge in [-0.3, -0.25) is 4.79 Å². The molecule has 0 unspecified atom stereocenters. The number of rotatable bonds is 3. The van der Waals surface area contributed by atoms with Gasteiger partial charge in [0.1, 0.15) is 0 Å². The topological polar surface area (TPSA) is 96.0 Å². The average molecular weight is 375 g/mol. The molecule has 1 fully saturated rings. The second-order valence-corrected chi connectivity index (χ2v) is 6.66. The van der Waals surface area contributed by atoms with Gasteiger partial charge in [0.15, 0.2) is 5.78 Å². The van der Waals surface area contributed by atoms with Crippen LogP contribution in [0.3, 0.4) is 0 Å². The van der Waals surface area contributed by atoms with E-state index in [1.165, 1.54) is 0 Å². The molecular formula is C20H19N6O2-. The predicted octanol–water partition coefficient (Wildman–Crippen LogP) is 1.04. The van der Waals surface area contributed by atoms with E-state index >= 15 is 0 Å². The Hall–Kier alpha value is -3.55. The van der Waals surface area contributed by atoms with Crippen LogP contribution in [0.5, 0.6) is 0 Å². The highest BCUT2D eigenvalue weighted by molar-refractivity contribution is 5.94. The summed E-state index contributed by atoms with van der Waals surface area (Å²) in [6, 6.07) is 14.8. The number of piperazine rings is 1. The first-order valence-corrected chi connectivity index (χ1v) is 9.06. The maximum atomic E-state index is 12.8. The van der Waals surface area contributed by atoms with E-state index in [2.05, 4.69) is 25.6 Å². The number of Topliss-reactive ketones (excluding diaryl/α,β-unsaturated/α-hetero) is 1. The molecule has 1 saturated heterocycles. The van der Waals surface area contributed by atoms with Gasteiger partial charge in [-0.2, -0.15) is 0 Å². The minimum atomic E-state index is 0.0119. The average Bonchev–Trinajstić information content (AvgIpc) is 3.28. The van der Waals surface area contributed by atoms with Crippen LogP contribution in [-0.2, 0) is 0 Å². The van der Waals surface area contributed by atoms with E-state index in [0.29, 0.717) is 29.7 Å². The molecule has 2 aliphatic heterocycles. The summed E-state index contributed by atoms with van der Waals surface area (Å²) in [4.78, 5) is 15.5. The van der Waals surface area contributed by atoms with Crippen LogP contribution in [0.1, 0.15) is 17.3 Å². The standard InChI is InChI=1S/C20H20N6O2/c1-14(27)15-6-8-18(9-7-15)25-10-12-26(13-11-25)20(28)17-4-2-16(3-5-17)19-21-23-24-22-19/h2-9,28H,10-13H2,1H3/p-1. The molecule has 0 atom stereocenters. The third kappa shape index (κ3) is 3.62. The first kappa shape index (κ1) is 17.8. The number of hydrogen-bond acceptors (Lipinski definition) is 8. The molecule has 2 aromatic rings. The molecule has 0 spiro atoms. The Balaban J connectivity index is 1.46. The van der Waals surface area contributed by atoms with Gasteiger partial charge in [-0.15, -0.1) is 10.2 Å². The van der Waals surface area contributed by atoms with E-state index in [-0.39, 0.29) is 11.7 Å². The van der Waals surface area contributed by atoms with Crippen LogP contribution in [0, 0.1) is 0 Å². The molecule has 0 bridgehead atoms. The summed E-state index contributed by atoms with van der Waals surface area (Å²) in [6.07, 6.45) is 0. The van der Waals surface area contributed by atoms with Crippen LogP contribution < -0.4 is 20.4 Å². The number of ketones is 1. The fraction of sp³-hybridized carbons (Fsp3) is 0.250. The fourth-order valence-electron chi connectivity index (χ4n) is 3.28. The van der Waals surface area contributed by atoms with E-state index < -0.39 is 0 Å². The normalized spacial score (nSPS) is 16.0. The lowest BCUT2D eigenvalue weighted by Crippen LogP contribution is -2.48. The van der Waals surface area contributed by atoms with Crippen LogP contribution in [0.2, 0.25) is 0 Å². The lowest BCUT2D eigenvalue weighted by molar-refractivity contribution is -0.272. The summed E-state index contributed by atoms with van der Waals surface area (Å²) in [6.45, 7) is 4.36. The Bertz CT molecular complexity index is 1030. The number of carbonyl (C=O) groups is 1. The van der Waals surface area contributed by atoms with Crippen molar-refractivity contribution in [3.05, 3.63) is 64.5 Å². The van der Waals surface area contributed by atoms with Crippen molar-refractivity contribution < 1.29 is 9.90 Å². The van der Waals surface area contributed by atoms with Gasteiger partial charge >= 0.3 is 0 Å². The minimum Gasteiger partial charge on any atom is -0.860 e. The van der Waals surface area contributed by atoms with Gasteiger partial charge in [-0.25, -0.2) is 0 Å². The van der Waals surface area contributed by atoms with Gasteiger partial charge in [-0.1, -0.05) is 24.3 Å². The van der Waals surface area contributed by atoms with E-state index in [1.807, 2.05) is 29.2 Å². The number of benzene rings is 2. The molecular weight excluding hydrogens is 356 g/mol. The second kappa shape index (κ2) is 7.59. The first-order valence-electron chi connectivity index (χ1n) is 9.06. The van der Waals surface area contributed by atoms with Crippen LogP contribution >= 0.6 is 0 Å². The lowest BCUT2D eigenvalue weighted by atomic mass is 10.1. The predicted molar refractivity (Wildman–Crippen MR) is 102 cm³/mol. The van der Waals surface area contributed by atoms with Crippen molar-refractivity contribution in [3.63, 3.8) is 0 Å². The number of hydrogen-bond donors (Lipinski definition) is 0. The van der Waals surface area contributed by atoms with Gasteiger partial charge in [0.2, 0.25) is 5.82 Å². The van der Waals surface area contributed by atoms with Gasteiger partial charge in [0.05, 0.1) is 0 Å². The maximum Gasteiger partial charge on any atom is 0.207 e. The zero-order chi connectivity index (χ0) is 19.5. The molecule has 142 valence electrons. The van der Waals surface area contributed by atoms with Crippen molar-refractivity contribution in [3.8, 4) is 0 Å². The molecule has 0 aromatic heterocycles. The number of anilines is 1. The van der Waals surface area contributed by atoms with Crippen molar-refractivity contribution in [1.29, 1.82) is 0 Å². The molecule has 4 rings (SSSR count). The van der Waals surface area contributed by atoms with E-state index in [0.717, 1.165) is 24.0 Å². The highest BCUT2D eigenvalue weighted by Gasteiger charge is 2.16. The SMILES string of the molecule is CC(=O)c1ccc(N2CCN(C([O-])=c3ccc(=C4N=NN=N4)cc3)CC2)cc1. The summed E-state index contributed by atoms with van der Waals surface area (Å²) in [5.74, 6) is 0.520. The van der Waals surface area contributed by atoms with Crippen LogP contribution in [-0.4, -0.2) is 36.9 Å². The molecule has 8 nitrogen and oxygen atoms in total. The smallest absolute Gasteiger partial charge is 0.207 e. The lowest BCUT2D eigenvalue weighted by Gasteiger charge is -2.40. The van der Waals surface area contributed by atoms with Crippen molar-refractivity contribution in [2.75, 3.05) is 31.1 Å². The molecule has 0 amide bonds. The first-order chi connectivity index (χ1) is 13.6. The van der Waals surface area contributed by atoms with Gasteiger partial charge in [0.25, 0.3) is 0 Å². The summed E-state index contributed by atoms with van der Waals surface area (Å²) in [7, 11) is 0. The molecule has 2 aliphatic rings. The zero-order valence-corrected chi connectivity index (χ0v) is 15.4. The Labute approximate surface area is 161 Å².